The summed E-state index contributed by atoms with van der Waals surface area (Å²) in [5.41, 5.74) is 1.36. The molecule has 0 radical (unpaired) electrons. The smallest absolute Gasteiger partial charge is 0.172 e. The number of aliphatic hydroxyl groups excluding tert-OH is 4. The first-order valence-corrected chi connectivity index (χ1v) is 3.80. The van der Waals surface area contributed by atoms with Crippen LogP contribution in [0.15, 0.2) is 0 Å². The van der Waals surface area contributed by atoms with Crippen molar-refractivity contribution in [3.8, 4) is 0 Å². The Morgan fingerprint density at radius 3 is 2.31 bits per heavy atom. The maximum Gasteiger partial charge on any atom is 0.172 e. The third-order valence-electron chi connectivity index (χ3n) is 2.04. The Bertz CT molecular complexity index is 167. The van der Waals surface area contributed by atoms with Gasteiger partial charge in [0.1, 0.15) is 18.3 Å². The van der Waals surface area contributed by atoms with Crippen LogP contribution in [0, 0.1) is 5.21 Å². The van der Waals surface area contributed by atoms with E-state index in [0.717, 1.165) is 0 Å². The molecule has 1 aliphatic rings. The SMILES string of the molecule is [O-]N[C@H]1C(O)O[C@H](CO)[C@@H](O)[C@@H]1O. The van der Waals surface area contributed by atoms with E-state index in [1.165, 1.54) is 5.48 Å². The van der Waals surface area contributed by atoms with Crippen molar-refractivity contribution in [2.75, 3.05) is 6.61 Å². The molecule has 0 saturated carbocycles. The summed E-state index contributed by atoms with van der Waals surface area (Å²) >= 11 is 0. The summed E-state index contributed by atoms with van der Waals surface area (Å²) in [4.78, 5) is 0. The Morgan fingerprint density at radius 1 is 1.23 bits per heavy atom. The van der Waals surface area contributed by atoms with Gasteiger partial charge in [0.05, 0.1) is 12.6 Å². The summed E-state index contributed by atoms with van der Waals surface area (Å²) < 4.78 is 4.65. The lowest BCUT2D eigenvalue weighted by Gasteiger charge is -2.41. The third-order valence-corrected chi connectivity index (χ3v) is 2.04. The largest absolute Gasteiger partial charge is 0.787 e. The average Bonchev–Trinajstić information content (AvgIpc) is 2.12. The van der Waals surface area contributed by atoms with E-state index in [4.69, 9.17) is 10.2 Å². The zero-order valence-electron chi connectivity index (χ0n) is 6.70. The number of rotatable bonds is 2. The highest BCUT2D eigenvalue weighted by Crippen LogP contribution is 2.19. The molecule has 0 bridgehead atoms. The molecule has 1 fully saturated rings. The highest BCUT2D eigenvalue weighted by Gasteiger charge is 2.41. The van der Waals surface area contributed by atoms with Crippen LogP contribution in [0.1, 0.15) is 0 Å². The summed E-state index contributed by atoms with van der Waals surface area (Å²) in [6.45, 7) is -0.541. The molecule has 0 aromatic rings. The number of hydrogen-bond donors (Lipinski definition) is 5. The van der Waals surface area contributed by atoms with Crippen LogP contribution < -0.4 is 5.48 Å². The maximum absolute atomic E-state index is 10.2. The first kappa shape index (κ1) is 10.8. The molecular weight excluding hydrogens is 182 g/mol. The number of hydrogen-bond acceptors (Lipinski definition) is 7. The summed E-state index contributed by atoms with van der Waals surface area (Å²) in [6.07, 6.45) is -5.46. The molecule has 78 valence electrons. The molecule has 7 nitrogen and oxygen atoms in total. The van der Waals surface area contributed by atoms with Crippen molar-refractivity contribution in [3.05, 3.63) is 5.21 Å². The molecule has 13 heavy (non-hydrogen) atoms. The average molecular weight is 194 g/mol. The van der Waals surface area contributed by atoms with Crippen molar-refractivity contribution >= 4 is 0 Å². The van der Waals surface area contributed by atoms with Crippen LogP contribution in [-0.2, 0) is 4.74 Å². The van der Waals surface area contributed by atoms with E-state index in [9.17, 15) is 15.4 Å². The van der Waals surface area contributed by atoms with Crippen molar-refractivity contribution in [2.45, 2.75) is 30.6 Å². The molecule has 1 unspecified atom stereocenters. The molecule has 0 aliphatic carbocycles. The predicted molar refractivity (Wildman–Crippen MR) is 40.3 cm³/mol. The Hall–Kier alpha value is -0.280. The van der Waals surface area contributed by atoms with E-state index in [0.29, 0.717) is 0 Å². The lowest BCUT2D eigenvalue weighted by molar-refractivity contribution is -0.252. The minimum Gasteiger partial charge on any atom is -0.787 e. The van der Waals surface area contributed by atoms with Crippen LogP contribution in [0.5, 0.6) is 0 Å². The Balaban J connectivity index is 2.66. The van der Waals surface area contributed by atoms with Gasteiger partial charge in [0.2, 0.25) is 0 Å². The van der Waals surface area contributed by atoms with Crippen LogP contribution in [0.2, 0.25) is 0 Å². The van der Waals surface area contributed by atoms with E-state index in [1.54, 1.807) is 0 Å². The number of hydroxylamine groups is 1. The quantitative estimate of drug-likeness (QED) is 0.294. The Morgan fingerprint density at radius 2 is 1.85 bits per heavy atom. The second-order valence-electron chi connectivity index (χ2n) is 2.87. The predicted octanol–water partition coefficient (Wildman–Crippen LogP) is -3.13. The topological polar surface area (TPSA) is 125 Å². The molecule has 1 aliphatic heterocycles. The minimum atomic E-state index is -1.53. The second-order valence-corrected chi connectivity index (χ2v) is 2.87. The van der Waals surface area contributed by atoms with Gasteiger partial charge >= 0.3 is 0 Å². The van der Waals surface area contributed by atoms with Gasteiger partial charge in [-0.15, -0.1) is 0 Å². The minimum absolute atomic E-state index is 0.541. The molecule has 5 atom stereocenters. The van der Waals surface area contributed by atoms with Gasteiger partial charge in [-0.25, -0.2) is 0 Å². The number of ether oxygens (including phenoxy) is 1. The number of aliphatic hydroxyl groups is 4. The Labute approximate surface area is 74.1 Å². The molecule has 1 heterocycles. The van der Waals surface area contributed by atoms with Gasteiger partial charge in [0.25, 0.3) is 0 Å². The zero-order chi connectivity index (χ0) is 10.0. The van der Waals surface area contributed by atoms with E-state index >= 15 is 0 Å². The fourth-order valence-electron chi connectivity index (χ4n) is 1.22. The van der Waals surface area contributed by atoms with E-state index in [2.05, 4.69) is 4.74 Å². The monoisotopic (exact) mass is 194 g/mol. The van der Waals surface area contributed by atoms with Gasteiger partial charge in [-0.3, -0.25) is 0 Å². The van der Waals surface area contributed by atoms with Gasteiger partial charge in [-0.2, -0.15) is 0 Å². The highest BCUT2D eigenvalue weighted by atomic mass is 16.6. The van der Waals surface area contributed by atoms with Gasteiger partial charge < -0.3 is 35.9 Å². The van der Waals surface area contributed by atoms with E-state index in [1.807, 2.05) is 0 Å². The fraction of sp³-hybridized carbons (Fsp3) is 1.00. The highest BCUT2D eigenvalue weighted by molar-refractivity contribution is 4.92. The maximum atomic E-state index is 10.2. The van der Waals surface area contributed by atoms with Crippen LogP contribution in [0.25, 0.3) is 0 Å². The molecule has 0 amide bonds. The normalized spacial score (nSPS) is 46.4. The van der Waals surface area contributed by atoms with Gasteiger partial charge in [0.15, 0.2) is 6.29 Å². The zero-order valence-corrected chi connectivity index (χ0v) is 6.70. The second kappa shape index (κ2) is 4.29. The van der Waals surface area contributed by atoms with Crippen molar-refractivity contribution in [3.63, 3.8) is 0 Å². The summed E-state index contributed by atoms with van der Waals surface area (Å²) in [7, 11) is 0. The van der Waals surface area contributed by atoms with Crippen LogP contribution in [0.3, 0.4) is 0 Å². The molecule has 7 heteroatoms. The lowest BCUT2D eigenvalue weighted by Crippen LogP contribution is -2.62. The standard InChI is InChI=1S/C6H12NO6/c8-1-2-4(9)5(10)3(7-12)6(11)13-2/h2-11H,1H2/q-1/t2-,3-,4-,5-,6?/m1/s1. The molecule has 0 aromatic carbocycles. The van der Waals surface area contributed by atoms with E-state index < -0.39 is 37.3 Å². The van der Waals surface area contributed by atoms with Crippen molar-refractivity contribution in [1.29, 1.82) is 0 Å². The molecular formula is C6H12NO6-. The first-order chi connectivity index (χ1) is 6.11. The summed E-state index contributed by atoms with van der Waals surface area (Å²) in [5, 5.41) is 46.4. The molecule has 0 aromatic heterocycles. The molecule has 5 N–H and O–H groups in total. The Kier molecular flexibility index (Phi) is 3.56. The van der Waals surface area contributed by atoms with Crippen molar-refractivity contribution in [2.24, 2.45) is 0 Å². The molecule has 1 rings (SSSR count). The fourth-order valence-corrected chi connectivity index (χ4v) is 1.22. The van der Waals surface area contributed by atoms with Crippen LogP contribution >= 0.6 is 0 Å². The third kappa shape index (κ3) is 1.97. The number of nitrogens with one attached hydrogen (secondary N) is 1. The first-order valence-electron chi connectivity index (χ1n) is 3.80. The van der Waals surface area contributed by atoms with Crippen LogP contribution in [0.4, 0.5) is 0 Å². The van der Waals surface area contributed by atoms with Gasteiger partial charge in [0, 0.05) is 0 Å². The lowest BCUT2D eigenvalue weighted by atomic mass is 9.98. The van der Waals surface area contributed by atoms with E-state index in [-0.39, 0.29) is 0 Å². The molecule has 1 saturated heterocycles. The van der Waals surface area contributed by atoms with Crippen molar-refractivity contribution < 1.29 is 25.2 Å². The van der Waals surface area contributed by atoms with Gasteiger partial charge in [-0.05, 0) is 0 Å². The van der Waals surface area contributed by atoms with Crippen LogP contribution in [-0.4, -0.2) is 57.7 Å². The molecule has 0 spiro atoms. The van der Waals surface area contributed by atoms with Gasteiger partial charge in [-0.1, -0.05) is 0 Å². The summed E-state index contributed by atoms with van der Waals surface area (Å²) in [5.74, 6) is 0. The van der Waals surface area contributed by atoms with Crippen molar-refractivity contribution in [1.82, 2.24) is 5.48 Å². The summed E-state index contributed by atoms with van der Waals surface area (Å²) in [6, 6.07) is -1.29.